The summed E-state index contributed by atoms with van der Waals surface area (Å²) in [6.45, 7) is 15.1. The molecule has 75 heavy (non-hydrogen) atoms. The SMILES string of the molecule is CC(C)=CCC[C@](C)(O[C@@H]1O[C@H](CO[C@@H]2OC[C@H](O)[C@H](O)[C@H]2O)[C@@H](O)[C@H](O)[C@H]1O)[C@H]1CC[C@]2(C)C1[C@H](O)CC1[C@@]3(C)CC[C@H](O[C@@H]4O[C@H](CO)[C@@H](O)[C@H](O)[C@H]4O[C@@H]4O[C@H](CO)[C@@H](O)[C@H](O)[C@H]4O)C(C)(C)C3CC[C@]12C. The number of fused-ring (bicyclic) bond motifs is 5. The van der Waals surface area contributed by atoms with Crippen molar-refractivity contribution in [2.45, 2.75) is 248 Å². The molecule has 29 atom stereocenters. The first-order chi connectivity index (χ1) is 35.1. The summed E-state index contributed by atoms with van der Waals surface area (Å²) >= 11 is 0. The normalized spacial score (nSPS) is 52.7. The molecule has 22 heteroatoms. The molecule has 0 aromatic carbocycles. The van der Waals surface area contributed by atoms with Crippen molar-refractivity contribution in [3.63, 3.8) is 0 Å². The zero-order valence-corrected chi connectivity index (χ0v) is 44.7. The molecule has 4 aliphatic carbocycles. The number of ether oxygens (including phenoxy) is 8. The van der Waals surface area contributed by atoms with Gasteiger partial charge < -0.3 is 109 Å². The lowest BCUT2D eigenvalue weighted by Crippen LogP contribution is -2.68. The summed E-state index contributed by atoms with van der Waals surface area (Å²) in [5.41, 5.74) is -1.48. The minimum Gasteiger partial charge on any atom is -0.394 e. The van der Waals surface area contributed by atoms with E-state index in [-0.39, 0.29) is 41.1 Å². The molecule has 0 aromatic heterocycles. The number of rotatable bonds is 15. The second-order valence-corrected chi connectivity index (χ2v) is 25.3. The maximum atomic E-state index is 12.8. The Morgan fingerprint density at radius 3 is 1.80 bits per heavy atom. The first kappa shape index (κ1) is 60.0. The van der Waals surface area contributed by atoms with Crippen LogP contribution < -0.4 is 0 Å². The highest BCUT2D eigenvalue weighted by molar-refractivity contribution is 5.20. The van der Waals surface area contributed by atoms with Crippen LogP contribution in [-0.2, 0) is 37.9 Å². The lowest BCUT2D eigenvalue weighted by molar-refractivity contribution is -0.378. The third kappa shape index (κ3) is 10.6. The average molecular weight is 1080 g/mol. The number of aliphatic hydroxyl groups excluding tert-OH is 14. The Kier molecular flexibility index (Phi) is 18.1. The number of hydrogen-bond donors (Lipinski definition) is 14. The van der Waals surface area contributed by atoms with Crippen molar-refractivity contribution in [3.05, 3.63) is 11.6 Å². The zero-order valence-electron chi connectivity index (χ0n) is 44.7. The quantitative estimate of drug-likeness (QED) is 0.0651. The average Bonchev–Trinajstić information content (AvgIpc) is 3.75. The molecule has 3 unspecified atom stereocenters. The van der Waals surface area contributed by atoms with E-state index in [0.29, 0.717) is 38.5 Å². The molecule has 4 saturated heterocycles. The van der Waals surface area contributed by atoms with Crippen LogP contribution in [0.1, 0.15) is 113 Å². The highest BCUT2D eigenvalue weighted by Gasteiger charge is 2.72. The fourth-order valence-corrected chi connectivity index (χ4v) is 16.0. The Hall–Kier alpha value is -1.14. The molecule has 4 aliphatic heterocycles. The van der Waals surface area contributed by atoms with Gasteiger partial charge in [-0.15, -0.1) is 0 Å². The van der Waals surface area contributed by atoms with Gasteiger partial charge in [-0.3, -0.25) is 0 Å². The number of aliphatic hydroxyl groups is 14. The summed E-state index contributed by atoms with van der Waals surface area (Å²) in [5.74, 6) is -0.395. The predicted octanol–water partition coefficient (Wildman–Crippen LogP) is -1.56. The van der Waals surface area contributed by atoms with E-state index in [0.717, 1.165) is 24.8 Å². The molecular formula is C53H90O22. The molecule has 14 N–H and O–H groups in total. The van der Waals surface area contributed by atoms with E-state index in [1.807, 2.05) is 20.8 Å². The van der Waals surface area contributed by atoms with Crippen LogP contribution in [0.5, 0.6) is 0 Å². The molecular weight excluding hydrogens is 989 g/mol. The van der Waals surface area contributed by atoms with Crippen molar-refractivity contribution in [2.24, 2.45) is 45.3 Å². The van der Waals surface area contributed by atoms with Crippen LogP contribution in [0.4, 0.5) is 0 Å². The minimum atomic E-state index is -1.81. The largest absolute Gasteiger partial charge is 0.394 e. The van der Waals surface area contributed by atoms with Crippen LogP contribution in [0.3, 0.4) is 0 Å². The van der Waals surface area contributed by atoms with E-state index in [2.05, 4.69) is 40.7 Å². The van der Waals surface area contributed by atoms with Crippen molar-refractivity contribution in [3.8, 4) is 0 Å². The smallest absolute Gasteiger partial charge is 0.187 e. The fraction of sp³-hybridized carbons (Fsp3) is 0.962. The third-order valence-corrected chi connectivity index (χ3v) is 20.5. The van der Waals surface area contributed by atoms with Gasteiger partial charge >= 0.3 is 0 Å². The van der Waals surface area contributed by atoms with Gasteiger partial charge in [-0.2, -0.15) is 0 Å². The fourth-order valence-electron chi connectivity index (χ4n) is 16.0. The van der Waals surface area contributed by atoms with Crippen molar-refractivity contribution in [2.75, 3.05) is 26.4 Å². The Morgan fingerprint density at radius 2 is 1.16 bits per heavy atom. The monoisotopic (exact) mass is 1080 g/mol. The van der Waals surface area contributed by atoms with Crippen molar-refractivity contribution in [1.82, 2.24) is 0 Å². The summed E-state index contributed by atoms with van der Waals surface area (Å²) in [5, 5.41) is 151. The topological polar surface area (TPSA) is 357 Å². The van der Waals surface area contributed by atoms with Crippen LogP contribution in [-0.4, -0.2) is 232 Å². The van der Waals surface area contributed by atoms with Gasteiger partial charge in [-0.1, -0.05) is 46.3 Å². The van der Waals surface area contributed by atoms with Gasteiger partial charge in [-0.05, 0) is 124 Å². The van der Waals surface area contributed by atoms with Crippen LogP contribution in [0.25, 0.3) is 0 Å². The maximum Gasteiger partial charge on any atom is 0.187 e. The van der Waals surface area contributed by atoms with Crippen LogP contribution >= 0.6 is 0 Å². The molecule has 434 valence electrons. The van der Waals surface area contributed by atoms with E-state index in [4.69, 9.17) is 37.9 Å². The van der Waals surface area contributed by atoms with E-state index in [1.54, 1.807) is 0 Å². The summed E-state index contributed by atoms with van der Waals surface area (Å²) in [4.78, 5) is 0. The number of allylic oxidation sites excluding steroid dienone is 2. The summed E-state index contributed by atoms with van der Waals surface area (Å²) in [6.07, 6.45) is -22.6. The van der Waals surface area contributed by atoms with Crippen LogP contribution in [0, 0.1) is 45.3 Å². The molecule has 0 amide bonds. The predicted molar refractivity (Wildman–Crippen MR) is 260 cm³/mol. The molecule has 0 radical (unpaired) electrons. The molecule has 8 rings (SSSR count). The summed E-state index contributed by atoms with van der Waals surface area (Å²) < 4.78 is 48.8. The zero-order chi connectivity index (χ0) is 55.1. The van der Waals surface area contributed by atoms with Gasteiger partial charge in [-0.25, -0.2) is 0 Å². The maximum absolute atomic E-state index is 12.8. The Labute approximate surface area is 439 Å². The Bertz CT molecular complexity index is 1940. The van der Waals surface area contributed by atoms with Gasteiger partial charge in [0.15, 0.2) is 25.2 Å². The van der Waals surface area contributed by atoms with Crippen LogP contribution in [0.15, 0.2) is 11.6 Å². The lowest BCUT2D eigenvalue weighted by Gasteiger charge is -2.71. The van der Waals surface area contributed by atoms with Crippen molar-refractivity contribution < 1.29 is 109 Å². The number of hydrogen-bond acceptors (Lipinski definition) is 22. The minimum absolute atomic E-state index is 0.0508. The lowest BCUT2D eigenvalue weighted by atomic mass is 9.35. The molecule has 22 nitrogen and oxygen atoms in total. The summed E-state index contributed by atoms with van der Waals surface area (Å²) in [6, 6.07) is 0. The first-order valence-electron chi connectivity index (χ1n) is 27.3. The van der Waals surface area contributed by atoms with E-state index in [9.17, 15) is 71.5 Å². The second kappa shape index (κ2) is 22.7. The Balaban J connectivity index is 1.01. The van der Waals surface area contributed by atoms with Crippen molar-refractivity contribution >= 4 is 0 Å². The van der Waals surface area contributed by atoms with Gasteiger partial charge in [0.1, 0.15) is 91.6 Å². The molecule has 8 aliphatic rings. The molecule has 0 bridgehead atoms. The third-order valence-electron chi connectivity index (χ3n) is 20.5. The molecule has 4 heterocycles. The molecule has 8 fully saturated rings. The van der Waals surface area contributed by atoms with E-state index in [1.165, 1.54) is 0 Å². The highest BCUT2D eigenvalue weighted by Crippen LogP contribution is 2.76. The van der Waals surface area contributed by atoms with Gasteiger partial charge in [0.2, 0.25) is 0 Å². The highest BCUT2D eigenvalue weighted by atomic mass is 16.8. The van der Waals surface area contributed by atoms with Gasteiger partial charge in [0, 0.05) is 0 Å². The molecule has 4 saturated carbocycles. The standard InChI is InChI=1S/C53H90O22/c1-23(2)10-9-14-53(8,75-47-43(67)39(63)37(61)29(72-47)22-69-45-41(65)34(58)26(57)21-68-45)24-11-16-52(7)33(24)25(56)18-31-50(5)15-13-32(49(3,4)30(50)12-17-51(31,52)6)73-48-44(40(64)36(60)28(20-55)71-48)74-46-42(66)38(62)35(59)27(19-54)70-46/h10,24-48,54-67H,9,11-22H2,1-8H3/t24-,25+,26-,27+,28+,29+,30?,31?,32-,33?,34-,35+,36+,37+,38-,39-,40-,41+,42+,43+,44+,45-,46-,47-,48-,50-,51+,52+,53-/m0/s1. The van der Waals surface area contributed by atoms with E-state index >= 15 is 0 Å². The second-order valence-electron chi connectivity index (χ2n) is 25.3. The van der Waals surface area contributed by atoms with Crippen molar-refractivity contribution in [1.29, 1.82) is 0 Å². The van der Waals surface area contributed by atoms with Gasteiger partial charge in [0.25, 0.3) is 0 Å². The van der Waals surface area contributed by atoms with Gasteiger partial charge in [0.05, 0.1) is 44.2 Å². The Morgan fingerprint density at radius 1 is 0.587 bits per heavy atom. The summed E-state index contributed by atoms with van der Waals surface area (Å²) in [7, 11) is 0. The van der Waals surface area contributed by atoms with E-state index < -0.39 is 165 Å². The van der Waals surface area contributed by atoms with Crippen LogP contribution in [0.2, 0.25) is 0 Å². The molecule has 0 aromatic rings. The first-order valence-corrected chi connectivity index (χ1v) is 27.3. The molecule has 0 spiro atoms.